The molecule has 0 radical (unpaired) electrons. The lowest BCUT2D eigenvalue weighted by molar-refractivity contribution is 0.738. The van der Waals surface area contributed by atoms with Crippen molar-refractivity contribution in [1.29, 1.82) is 0 Å². The maximum absolute atomic E-state index is 4.61. The molecular weight excluding hydrogens is 1960 g/mol. The van der Waals surface area contributed by atoms with E-state index in [0.717, 1.165) is 190 Å². The van der Waals surface area contributed by atoms with Crippen molar-refractivity contribution in [2.45, 2.75) is 53.9 Å². The van der Waals surface area contributed by atoms with E-state index < -0.39 is 0 Å². The third kappa shape index (κ3) is 19.8. The van der Waals surface area contributed by atoms with Crippen LogP contribution in [0.1, 0.15) is 59.5 Å². The van der Waals surface area contributed by atoms with Gasteiger partial charge in [0.1, 0.15) is 20.8 Å². The Morgan fingerprint density at radius 3 is 1.07 bits per heavy atom. The SMILES string of the molecule is CC(C)c1nsc(Nc2nccn3c(-c4cnn(C)c4)cnc23)n1.Cc1cc(Nc2nccn3c(-c4cnn(C)c4)cnc23)sn1.Cc1cnc(Nc2nccn3c(-c4cnn(C)c4)cnc23)s1.Cc1nsc(Nc2nccn3c(-c4cnn(C)c4)cnc23)c1Br.Cc1nsc(Nc2nccn3c(-c4cnn(C)c4)cnc23)c1C1=CCNCC1.Cn1cc(-c2cnc3c(Nc4cccs4)nccn23)cn1. The fourth-order valence-electron chi connectivity index (χ4n) is 15.1. The number of imidazole rings is 6. The first-order valence-corrected chi connectivity index (χ1v) is 49.0. The van der Waals surface area contributed by atoms with Crippen LogP contribution in [-0.4, -0.2) is 185 Å². The molecule has 0 aromatic carbocycles. The average Bonchev–Trinajstić information content (AvgIpc) is 1.65. The number of aryl methyl sites for hydroxylation is 10. The second-order valence-electron chi connectivity index (χ2n) is 32.1. The number of hydrogen-bond donors (Lipinski definition) is 7. The van der Waals surface area contributed by atoms with Gasteiger partial charge in [0.05, 0.1) is 135 Å². The van der Waals surface area contributed by atoms with E-state index in [0.29, 0.717) is 34.3 Å². The zero-order valence-electron chi connectivity index (χ0n) is 76.9. The van der Waals surface area contributed by atoms with E-state index in [1.165, 1.54) is 57.3 Å². The minimum absolute atomic E-state index is 0.296. The summed E-state index contributed by atoms with van der Waals surface area (Å²) in [5, 5.41) is 56.0. The Morgan fingerprint density at radius 2 is 0.750 bits per heavy atom. The standard InChI is InChI=1S/C19H20N8S.C15H16N8S.C14H12BrN7S.2C14H13N7S.C14H12N6S/c1-12-16(13-3-5-20-6-4-13)19(28-25-12)24-17-18-22-10-15(27(18)8-7-21-17)14-9-23-26(2)11-14;1-9(2)12-19-15(24-21-12)20-13-14-17-7-11(23(14)5-4-16-13)10-6-18-22(3)8-10;1-8-11(15)14(23-20-8)19-12-13-17-6-10(22(13)4-3-16-12)9-5-18-21(2)7-9;1-9-5-17-14(22-9)19-12-13-16-7-11(21(13)4-3-15-12)10-6-18-20(2)8-10;1-9-5-12(22-19-9)18-13-14-16-7-11(21(14)4-3-15-13)10-6-17-20(2)8-10;1-19-9-10(7-17-19)11-8-16-14-13(15-4-5-20(11)14)18-12-3-2-6-21-12/h3,7-11,20H,4-6H2,1-2H3,(H,21,24);4-9H,1-3H3,(H,16,19,20,21);3-7H,1-2H3,(H,16,19);3-8H,1-2H3,(H,15,17,19);3-8H,1-2H3,(H,15,18);2-9H,1H3,(H,15,18). The summed E-state index contributed by atoms with van der Waals surface area (Å²) in [4.78, 5) is 63.5. The van der Waals surface area contributed by atoms with Crippen LogP contribution in [0.15, 0.2) is 226 Å². The van der Waals surface area contributed by atoms with E-state index in [9.17, 15) is 0 Å². The van der Waals surface area contributed by atoms with Gasteiger partial charge in [0.25, 0.3) is 0 Å². The van der Waals surface area contributed by atoms with Crippen LogP contribution in [0, 0.1) is 27.7 Å². The van der Waals surface area contributed by atoms with E-state index in [4.69, 9.17) is 0 Å². The van der Waals surface area contributed by atoms with E-state index >= 15 is 0 Å². The molecule has 25 rings (SSSR count). The van der Waals surface area contributed by atoms with E-state index in [1.54, 1.807) is 87.9 Å². The lowest BCUT2D eigenvalue weighted by Crippen LogP contribution is -2.20. The van der Waals surface area contributed by atoms with Crippen molar-refractivity contribution >= 4 is 189 Å². The van der Waals surface area contributed by atoms with Crippen LogP contribution in [0.3, 0.4) is 0 Å². The number of halogens is 1. The summed E-state index contributed by atoms with van der Waals surface area (Å²) in [6.07, 6.45) is 60.7. The van der Waals surface area contributed by atoms with Crippen molar-refractivity contribution in [2.75, 3.05) is 45.0 Å². The molecule has 0 saturated carbocycles. The third-order valence-electron chi connectivity index (χ3n) is 21.7. The molecule has 1 aliphatic rings. The van der Waals surface area contributed by atoms with Gasteiger partial charge in [-0.3, -0.25) is 54.5 Å². The van der Waals surface area contributed by atoms with Crippen LogP contribution in [-0.2, 0) is 42.3 Å². The molecule has 0 aliphatic carbocycles. The smallest absolute Gasteiger partial charge is 0.208 e. The molecule has 0 fully saturated rings. The zero-order valence-corrected chi connectivity index (χ0v) is 83.4. The van der Waals surface area contributed by atoms with Crippen molar-refractivity contribution in [2.24, 2.45) is 42.3 Å². The molecule has 7 N–H and O–H groups in total. The molecule has 0 unspecified atom stereocenters. The number of nitrogens with one attached hydrogen (secondary N) is 7. The fraction of sp³-hybridized carbons (Fsp3) is 0.178. The first kappa shape index (κ1) is 91.5. The van der Waals surface area contributed by atoms with Gasteiger partial charge in [-0.1, -0.05) is 19.9 Å². The molecule has 0 spiro atoms. The highest BCUT2D eigenvalue weighted by molar-refractivity contribution is 9.10. The molecule has 0 amide bonds. The molecular formula is C90H86BrN43S6. The number of rotatable bonds is 20. The second-order valence-corrected chi connectivity index (χ2v) is 38.2. The predicted octanol–water partition coefficient (Wildman–Crippen LogP) is 17.5. The minimum atomic E-state index is 0.296. The van der Waals surface area contributed by atoms with Gasteiger partial charge in [0, 0.05) is 228 Å². The van der Waals surface area contributed by atoms with Gasteiger partial charge in [-0.2, -0.15) is 48.1 Å². The summed E-state index contributed by atoms with van der Waals surface area (Å²) in [5.74, 6) is 5.32. The molecule has 24 aromatic heterocycles. The molecule has 25 heterocycles. The van der Waals surface area contributed by atoms with Crippen molar-refractivity contribution in [1.82, 2.24) is 178 Å². The highest BCUT2D eigenvalue weighted by atomic mass is 79.9. The number of nitrogens with zero attached hydrogens (tertiary/aromatic N) is 36. The summed E-state index contributed by atoms with van der Waals surface area (Å²) < 4.78 is 41.1. The van der Waals surface area contributed by atoms with Gasteiger partial charge in [0.2, 0.25) is 5.13 Å². The van der Waals surface area contributed by atoms with Gasteiger partial charge in [-0.25, -0.2) is 69.8 Å². The normalized spacial score (nSPS) is 11.9. The van der Waals surface area contributed by atoms with Gasteiger partial charge in [-0.05, 0) is 120 Å². The number of fused-ring (bicyclic) bond motifs is 6. The van der Waals surface area contributed by atoms with Crippen molar-refractivity contribution in [3.05, 3.63) is 260 Å². The first-order chi connectivity index (χ1) is 68.2. The Hall–Kier alpha value is -16.3. The Bertz CT molecular complexity index is 8330. The van der Waals surface area contributed by atoms with Crippen LogP contribution in [0.2, 0.25) is 0 Å². The lowest BCUT2D eigenvalue weighted by atomic mass is 10.0. The molecule has 1 aliphatic heterocycles. The third-order valence-corrected chi connectivity index (χ3v) is 27.7. The topological polar surface area (TPSA) is 450 Å². The molecule has 43 nitrogen and oxygen atoms in total. The lowest BCUT2D eigenvalue weighted by Gasteiger charge is -2.15. The van der Waals surface area contributed by atoms with Crippen LogP contribution >= 0.6 is 84.7 Å². The zero-order chi connectivity index (χ0) is 96.2. The van der Waals surface area contributed by atoms with Gasteiger partial charge < -0.3 is 37.2 Å². The molecule has 704 valence electrons. The maximum atomic E-state index is 4.61. The van der Waals surface area contributed by atoms with Gasteiger partial charge >= 0.3 is 0 Å². The van der Waals surface area contributed by atoms with Crippen molar-refractivity contribution in [3.63, 3.8) is 0 Å². The molecule has 140 heavy (non-hydrogen) atoms. The Morgan fingerprint density at radius 1 is 0.379 bits per heavy atom. The summed E-state index contributed by atoms with van der Waals surface area (Å²) in [7, 11) is 11.4. The second kappa shape index (κ2) is 40.2. The first-order valence-electron chi connectivity index (χ1n) is 43.4. The summed E-state index contributed by atoms with van der Waals surface area (Å²) in [6, 6.07) is 6.00. The van der Waals surface area contributed by atoms with Crippen molar-refractivity contribution < 1.29 is 0 Å². The number of aromatic nitrogens is 36. The molecule has 0 saturated heterocycles. The van der Waals surface area contributed by atoms with Crippen LogP contribution < -0.4 is 37.2 Å². The van der Waals surface area contributed by atoms with E-state index in [2.05, 4.69) is 198 Å². The Kier molecular flexibility index (Phi) is 26.3. The molecule has 50 heteroatoms. The Labute approximate surface area is 829 Å². The number of hydrogen-bond acceptors (Lipinski definition) is 37. The number of thiophene rings is 1. The highest BCUT2D eigenvalue weighted by Crippen LogP contribution is 2.40. The quantitative estimate of drug-likeness (QED) is 0.0372. The summed E-state index contributed by atoms with van der Waals surface area (Å²) in [5.41, 5.74) is 22.0. The molecule has 24 aromatic rings. The van der Waals surface area contributed by atoms with Gasteiger partial charge in [0.15, 0.2) is 73.9 Å². The highest BCUT2D eigenvalue weighted by Gasteiger charge is 2.24. The van der Waals surface area contributed by atoms with Crippen LogP contribution in [0.4, 0.5) is 65.2 Å². The number of anilines is 12. The monoisotopic (exact) mass is 2040 g/mol. The van der Waals surface area contributed by atoms with Crippen LogP contribution in [0.25, 0.3) is 107 Å². The van der Waals surface area contributed by atoms with E-state index in [-0.39, 0.29) is 0 Å². The maximum Gasteiger partial charge on any atom is 0.208 e. The van der Waals surface area contributed by atoms with E-state index in [1.807, 2.05) is 268 Å². The average molecular weight is 2040 g/mol. The van der Waals surface area contributed by atoms with Crippen molar-refractivity contribution in [3.8, 4) is 67.5 Å². The number of thiazole rings is 1. The molecule has 0 atom stereocenters. The summed E-state index contributed by atoms with van der Waals surface area (Å²) >= 11 is 12.3. The minimum Gasteiger partial charge on any atom is -0.329 e. The largest absolute Gasteiger partial charge is 0.329 e. The molecule has 0 bridgehead atoms. The van der Waals surface area contributed by atoms with Crippen LogP contribution in [0.5, 0.6) is 0 Å². The van der Waals surface area contributed by atoms with Gasteiger partial charge in [-0.15, -0.1) is 22.7 Å². The fourth-order valence-corrected chi connectivity index (χ4v) is 19.8. The summed E-state index contributed by atoms with van der Waals surface area (Å²) in [6.45, 7) is 14.0. The predicted molar refractivity (Wildman–Crippen MR) is 550 cm³/mol. The Balaban J connectivity index is 0.000000103.